The van der Waals surface area contributed by atoms with Crippen molar-refractivity contribution in [3.05, 3.63) is 29.6 Å². The molecule has 0 bridgehead atoms. The van der Waals surface area contributed by atoms with Gasteiger partial charge in [-0.15, -0.1) is 0 Å². The maximum Gasteiger partial charge on any atom is 0.390 e. The summed E-state index contributed by atoms with van der Waals surface area (Å²) >= 11 is 0. The molecule has 1 aromatic rings. The lowest BCUT2D eigenvalue weighted by atomic mass is 10.2. The predicted molar refractivity (Wildman–Crippen MR) is 55.1 cm³/mol. The number of anilines is 1. The molecule has 0 saturated heterocycles. The van der Waals surface area contributed by atoms with E-state index in [0.717, 1.165) is 12.1 Å². The molecule has 17 heavy (non-hydrogen) atoms. The third-order valence-corrected chi connectivity index (χ3v) is 2.18. The quantitative estimate of drug-likeness (QED) is 0.766. The van der Waals surface area contributed by atoms with Crippen LogP contribution in [-0.2, 0) is 0 Å². The Bertz CT molecular complexity index is 434. The Balaban J connectivity index is 2.79. The normalized spacial score (nSPS) is 11.1. The fourth-order valence-electron chi connectivity index (χ4n) is 1.28. The van der Waals surface area contributed by atoms with Crippen molar-refractivity contribution in [2.24, 2.45) is 0 Å². The molecule has 0 heterocycles. The number of nitriles is 1. The summed E-state index contributed by atoms with van der Waals surface area (Å²) in [6.07, 6.45) is -5.23. The Morgan fingerprint density at radius 1 is 1.29 bits per heavy atom. The van der Waals surface area contributed by atoms with Crippen molar-refractivity contribution in [3.63, 3.8) is 0 Å². The van der Waals surface area contributed by atoms with E-state index < -0.39 is 18.4 Å². The minimum atomic E-state index is -4.25. The van der Waals surface area contributed by atoms with E-state index >= 15 is 0 Å². The van der Waals surface area contributed by atoms with Gasteiger partial charge in [-0.2, -0.15) is 18.4 Å². The lowest BCUT2D eigenvalue weighted by molar-refractivity contribution is -0.132. The molecule has 0 aliphatic heterocycles. The summed E-state index contributed by atoms with van der Waals surface area (Å²) in [5, 5.41) is 8.61. The van der Waals surface area contributed by atoms with Crippen molar-refractivity contribution in [2.75, 3.05) is 18.5 Å². The fourth-order valence-corrected chi connectivity index (χ4v) is 1.28. The van der Waals surface area contributed by atoms with Crippen LogP contribution < -0.4 is 4.90 Å². The second-order valence-corrected chi connectivity index (χ2v) is 3.60. The van der Waals surface area contributed by atoms with Gasteiger partial charge in [0.05, 0.1) is 18.1 Å². The molecule has 0 atom stereocenters. The maximum absolute atomic E-state index is 13.0. The zero-order valence-electron chi connectivity index (χ0n) is 9.05. The molecule has 0 unspecified atom stereocenters. The fraction of sp³-hybridized carbons (Fsp3) is 0.364. The van der Waals surface area contributed by atoms with E-state index in [-0.39, 0.29) is 17.8 Å². The molecular formula is C11H10F4N2. The van der Waals surface area contributed by atoms with E-state index in [1.807, 2.05) is 0 Å². The van der Waals surface area contributed by atoms with Crippen molar-refractivity contribution < 1.29 is 17.6 Å². The van der Waals surface area contributed by atoms with Gasteiger partial charge in [-0.3, -0.25) is 0 Å². The molecule has 0 aliphatic carbocycles. The minimum absolute atomic E-state index is 0.0823. The highest BCUT2D eigenvalue weighted by molar-refractivity contribution is 5.51. The number of nitrogens with zero attached hydrogens (tertiary/aromatic N) is 2. The average molecular weight is 246 g/mol. The van der Waals surface area contributed by atoms with Crippen LogP contribution >= 0.6 is 0 Å². The largest absolute Gasteiger partial charge is 0.390 e. The van der Waals surface area contributed by atoms with Gasteiger partial charge < -0.3 is 4.90 Å². The molecule has 0 fully saturated rings. The number of benzene rings is 1. The second kappa shape index (κ2) is 5.04. The molecule has 0 N–H and O–H groups in total. The average Bonchev–Trinajstić information content (AvgIpc) is 2.23. The molecule has 92 valence electrons. The van der Waals surface area contributed by atoms with Crippen LogP contribution in [0.15, 0.2) is 18.2 Å². The van der Waals surface area contributed by atoms with Crippen LogP contribution in [0.4, 0.5) is 23.2 Å². The third-order valence-electron chi connectivity index (χ3n) is 2.18. The Kier molecular flexibility index (Phi) is 3.94. The van der Waals surface area contributed by atoms with Crippen LogP contribution in [0, 0.1) is 17.1 Å². The van der Waals surface area contributed by atoms with Gasteiger partial charge in [0.25, 0.3) is 0 Å². The lowest BCUT2D eigenvalue weighted by Crippen LogP contribution is -2.24. The Morgan fingerprint density at radius 3 is 2.47 bits per heavy atom. The van der Waals surface area contributed by atoms with Gasteiger partial charge in [0, 0.05) is 19.3 Å². The highest BCUT2D eigenvalue weighted by atomic mass is 19.4. The number of rotatable bonds is 3. The number of hydrogen-bond acceptors (Lipinski definition) is 2. The van der Waals surface area contributed by atoms with E-state index in [1.165, 1.54) is 18.0 Å². The summed E-state index contributed by atoms with van der Waals surface area (Å²) < 4.78 is 49.1. The molecule has 0 amide bonds. The third kappa shape index (κ3) is 4.31. The highest BCUT2D eigenvalue weighted by Crippen LogP contribution is 2.22. The first-order valence-corrected chi connectivity index (χ1v) is 4.80. The Hall–Kier alpha value is -1.77. The summed E-state index contributed by atoms with van der Waals surface area (Å²) in [7, 11) is 1.42. The van der Waals surface area contributed by atoms with Gasteiger partial charge >= 0.3 is 6.18 Å². The van der Waals surface area contributed by atoms with Crippen LogP contribution in [-0.4, -0.2) is 19.8 Å². The van der Waals surface area contributed by atoms with Gasteiger partial charge in [-0.1, -0.05) is 0 Å². The van der Waals surface area contributed by atoms with E-state index in [2.05, 4.69) is 0 Å². The van der Waals surface area contributed by atoms with Gasteiger partial charge in [0.15, 0.2) is 0 Å². The monoisotopic (exact) mass is 246 g/mol. The van der Waals surface area contributed by atoms with Crippen LogP contribution in [0.2, 0.25) is 0 Å². The van der Waals surface area contributed by atoms with Gasteiger partial charge in [-0.25, -0.2) is 4.39 Å². The highest BCUT2D eigenvalue weighted by Gasteiger charge is 2.27. The van der Waals surface area contributed by atoms with Crippen LogP contribution in [0.25, 0.3) is 0 Å². The Labute approximate surface area is 96.1 Å². The summed E-state index contributed by atoms with van der Waals surface area (Å²) in [6.45, 7) is -0.280. The van der Waals surface area contributed by atoms with Gasteiger partial charge in [0.1, 0.15) is 5.82 Å². The molecule has 0 spiro atoms. The van der Waals surface area contributed by atoms with Crippen molar-refractivity contribution in [1.82, 2.24) is 0 Å². The molecule has 1 aromatic carbocycles. The molecule has 2 nitrogen and oxygen atoms in total. The van der Waals surface area contributed by atoms with E-state index in [0.29, 0.717) is 0 Å². The van der Waals surface area contributed by atoms with Crippen molar-refractivity contribution >= 4 is 5.69 Å². The molecular weight excluding hydrogens is 236 g/mol. The van der Waals surface area contributed by atoms with Crippen molar-refractivity contribution in [1.29, 1.82) is 5.26 Å². The minimum Gasteiger partial charge on any atom is -0.374 e. The molecule has 0 saturated carbocycles. The maximum atomic E-state index is 13.0. The summed E-state index contributed by atoms with van der Waals surface area (Å²) in [4.78, 5) is 1.26. The summed E-state index contributed by atoms with van der Waals surface area (Å²) in [5.74, 6) is -0.641. The van der Waals surface area contributed by atoms with E-state index in [4.69, 9.17) is 5.26 Å². The zero-order valence-corrected chi connectivity index (χ0v) is 9.05. The molecule has 0 radical (unpaired) electrons. The van der Waals surface area contributed by atoms with Crippen molar-refractivity contribution in [2.45, 2.75) is 12.6 Å². The first kappa shape index (κ1) is 13.3. The van der Waals surface area contributed by atoms with Crippen LogP contribution in [0.1, 0.15) is 12.0 Å². The smallest absolute Gasteiger partial charge is 0.374 e. The van der Waals surface area contributed by atoms with Crippen molar-refractivity contribution in [3.8, 4) is 6.07 Å². The summed E-state index contributed by atoms with van der Waals surface area (Å²) in [5.41, 5.74) is 0.338. The molecule has 1 rings (SSSR count). The zero-order chi connectivity index (χ0) is 13.1. The number of hydrogen-bond donors (Lipinski definition) is 0. The van der Waals surface area contributed by atoms with Crippen LogP contribution in [0.5, 0.6) is 0 Å². The predicted octanol–water partition coefficient (Wildman–Crippen LogP) is 3.09. The second-order valence-electron chi connectivity index (χ2n) is 3.60. The molecule has 6 heteroatoms. The first-order valence-electron chi connectivity index (χ1n) is 4.80. The SMILES string of the molecule is CN(CCC(F)(F)F)c1cc(F)cc(C#N)c1. The Morgan fingerprint density at radius 2 is 1.94 bits per heavy atom. The topological polar surface area (TPSA) is 27.0 Å². The standard InChI is InChI=1S/C11H10F4N2/c1-17(3-2-11(13,14)15)10-5-8(7-16)4-9(12)6-10/h4-6H,2-3H2,1H3. The number of halogens is 4. The van der Waals surface area contributed by atoms with E-state index in [1.54, 1.807) is 6.07 Å². The van der Waals surface area contributed by atoms with Gasteiger partial charge in [0.2, 0.25) is 0 Å². The lowest BCUT2D eigenvalue weighted by Gasteiger charge is -2.20. The molecule has 0 aromatic heterocycles. The first-order chi connectivity index (χ1) is 7.81. The number of alkyl halides is 3. The molecule has 0 aliphatic rings. The van der Waals surface area contributed by atoms with Crippen LogP contribution in [0.3, 0.4) is 0 Å². The summed E-state index contributed by atoms with van der Waals surface area (Å²) in [6, 6.07) is 5.22. The van der Waals surface area contributed by atoms with E-state index in [9.17, 15) is 17.6 Å². The van der Waals surface area contributed by atoms with Gasteiger partial charge in [-0.05, 0) is 18.2 Å².